The van der Waals surface area contributed by atoms with E-state index in [2.05, 4.69) is 0 Å². The first kappa shape index (κ1) is 23.8. The van der Waals surface area contributed by atoms with Crippen molar-refractivity contribution in [1.29, 1.82) is 0 Å². The zero-order valence-electron chi connectivity index (χ0n) is 19.7. The molecule has 1 fully saturated rings. The van der Waals surface area contributed by atoms with E-state index in [-0.39, 0.29) is 29.7 Å². The second-order valence-corrected chi connectivity index (χ2v) is 10.1. The van der Waals surface area contributed by atoms with Crippen molar-refractivity contribution >= 4 is 28.9 Å². The average molecular weight is 472 g/mol. The number of aliphatic hydroxyl groups is 3. The normalized spacial score (nSPS) is 30.8. The van der Waals surface area contributed by atoms with Gasteiger partial charge in [-0.1, -0.05) is 6.92 Å². The first-order valence-corrected chi connectivity index (χ1v) is 10.9. The van der Waals surface area contributed by atoms with Gasteiger partial charge in [-0.05, 0) is 44.6 Å². The predicted octanol–water partition coefficient (Wildman–Crippen LogP) is 0.420. The van der Waals surface area contributed by atoms with Gasteiger partial charge in [0.2, 0.25) is 5.78 Å². The lowest BCUT2D eigenvalue weighted by atomic mass is 9.52. The van der Waals surface area contributed by atoms with Gasteiger partial charge in [-0.3, -0.25) is 19.3 Å². The van der Waals surface area contributed by atoms with E-state index in [1.54, 1.807) is 27.1 Å². The van der Waals surface area contributed by atoms with Crippen molar-refractivity contribution in [2.45, 2.75) is 31.4 Å². The monoisotopic (exact) mass is 471 g/mol. The van der Waals surface area contributed by atoms with Crippen LogP contribution in [0.1, 0.15) is 24.5 Å². The van der Waals surface area contributed by atoms with Gasteiger partial charge in [-0.25, -0.2) is 0 Å². The van der Waals surface area contributed by atoms with Crippen LogP contribution in [0.3, 0.4) is 0 Å². The van der Waals surface area contributed by atoms with Gasteiger partial charge >= 0.3 is 0 Å². The third-order valence-corrected chi connectivity index (χ3v) is 7.47. The number of hydrogen-bond donors (Lipinski definition) is 5. The Morgan fingerprint density at radius 1 is 1.12 bits per heavy atom. The summed E-state index contributed by atoms with van der Waals surface area (Å²) in [6.45, 7) is 1.74. The number of fused-ring (bicyclic) bond motifs is 3. The van der Waals surface area contributed by atoms with Crippen molar-refractivity contribution in [3.05, 3.63) is 40.2 Å². The van der Waals surface area contributed by atoms with E-state index in [0.717, 1.165) is 5.69 Å². The number of phenols is 1. The minimum atomic E-state index is -2.65. The molecule has 1 saturated carbocycles. The molecule has 1 aromatic carbocycles. The predicted molar refractivity (Wildman–Crippen MR) is 123 cm³/mol. The lowest BCUT2D eigenvalue weighted by molar-refractivity contribution is -0.156. The van der Waals surface area contributed by atoms with E-state index < -0.39 is 57.5 Å². The molecule has 10 heteroatoms. The standard InChI is InChI=1S/C24H29N3O7/c1-23-8-10-12(26(2)3)6-7-13(28)14(10)18(29)16(23)21(32)24(34)11(9-23)17(27(4)5)19(30)15(20(24)31)22(25)33/h6-7,11,17,28-29,31,34H,8-9H2,1-5H3,(H2,25,33)/t11-,17-,23-,24+/m0/s1. The van der Waals surface area contributed by atoms with Gasteiger partial charge in [-0.2, -0.15) is 0 Å². The number of hydrogen-bond acceptors (Lipinski definition) is 9. The summed E-state index contributed by atoms with van der Waals surface area (Å²) in [5.41, 5.74) is 2.06. The third-order valence-electron chi connectivity index (χ3n) is 7.47. The molecule has 0 unspecified atom stereocenters. The van der Waals surface area contributed by atoms with Gasteiger partial charge in [0.25, 0.3) is 5.91 Å². The maximum absolute atomic E-state index is 13.9. The number of aliphatic hydroxyl groups excluding tert-OH is 2. The number of amides is 1. The number of ketones is 2. The molecule has 0 spiro atoms. The topological polar surface area (TPSA) is 165 Å². The van der Waals surface area contributed by atoms with Crippen molar-refractivity contribution in [3.63, 3.8) is 0 Å². The van der Waals surface area contributed by atoms with Gasteiger partial charge in [0.1, 0.15) is 22.8 Å². The van der Waals surface area contributed by atoms with Crippen molar-refractivity contribution < 1.29 is 34.8 Å². The number of likely N-dealkylation sites (N-methyl/N-ethyl adjacent to an activating group) is 1. The Morgan fingerprint density at radius 2 is 1.74 bits per heavy atom. The summed E-state index contributed by atoms with van der Waals surface area (Å²) in [5, 5.41) is 44.3. The molecule has 3 aliphatic rings. The van der Waals surface area contributed by atoms with Crippen LogP contribution in [0.15, 0.2) is 29.0 Å². The molecule has 4 rings (SSSR count). The van der Waals surface area contributed by atoms with Crippen LogP contribution in [0.5, 0.6) is 5.75 Å². The summed E-state index contributed by atoms with van der Waals surface area (Å²) in [7, 11) is 6.76. The number of phenolic OH excluding ortho intramolecular Hbond substituents is 1. The molecule has 0 saturated heterocycles. The fraction of sp³-hybridized carbons (Fsp3) is 0.458. The quantitative estimate of drug-likeness (QED) is 0.393. The molecule has 182 valence electrons. The van der Waals surface area contributed by atoms with Gasteiger partial charge in [0.15, 0.2) is 11.4 Å². The number of benzene rings is 1. The molecule has 0 radical (unpaired) electrons. The first-order chi connectivity index (χ1) is 15.7. The number of rotatable bonds is 3. The lowest BCUT2D eigenvalue weighted by Crippen LogP contribution is -2.67. The lowest BCUT2D eigenvalue weighted by Gasteiger charge is -2.54. The maximum atomic E-state index is 13.9. The number of aromatic hydroxyl groups is 1. The first-order valence-electron chi connectivity index (χ1n) is 10.9. The SMILES string of the molecule is CN(C)c1ccc(O)c2c1C[C@@]1(C)C[C@H]3[C@H](N(C)C)C(=O)C(C(N)=O)=C(O)[C@@]3(O)C(=O)C1=C2O. The molecular formula is C24H29N3O7. The number of nitrogens with two attached hydrogens (primary N) is 1. The van der Waals surface area contributed by atoms with Crippen molar-refractivity contribution in [1.82, 2.24) is 4.90 Å². The van der Waals surface area contributed by atoms with Crippen LogP contribution in [-0.2, 0) is 20.8 Å². The zero-order valence-corrected chi connectivity index (χ0v) is 19.7. The molecule has 0 heterocycles. The Bertz CT molecular complexity index is 1220. The largest absolute Gasteiger partial charge is 0.508 e. The number of carbonyl (C=O) groups excluding carboxylic acids is 3. The summed E-state index contributed by atoms with van der Waals surface area (Å²) < 4.78 is 0. The van der Waals surface area contributed by atoms with E-state index in [4.69, 9.17) is 5.73 Å². The molecule has 34 heavy (non-hydrogen) atoms. The number of nitrogens with zero attached hydrogens (tertiary/aromatic N) is 2. The van der Waals surface area contributed by atoms with Crippen molar-refractivity contribution in [2.24, 2.45) is 17.1 Å². The minimum absolute atomic E-state index is 0.0291. The molecule has 0 bridgehead atoms. The molecule has 4 atom stereocenters. The fourth-order valence-electron chi connectivity index (χ4n) is 6.02. The highest BCUT2D eigenvalue weighted by molar-refractivity contribution is 6.24. The van der Waals surface area contributed by atoms with Crippen LogP contribution in [-0.4, -0.2) is 82.6 Å². The van der Waals surface area contributed by atoms with Gasteiger partial charge in [-0.15, -0.1) is 0 Å². The van der Waals surface area contributed by atoms with E-state index in [9.17, 15) is 34.8 Å². The van der Waals surface area contributed by atoms with E-state index in [1.807, 2.05) is 19.0 Å². The van der Waals surface area contributed by atoms with E-state index in [1.165, 1.54) is 11.0 Å². The Kier molecular flexibility index (Phi) is 5.11. The molecule has 0 aromatic heterocycles. The molecule has 1 amide bonds. The summed E-state index contributed by atoms with van der Waals surface area (Å²) in [5.74, 6) is -6.03. The Balaban J connectivity index is 2.05. The second kappa shape index (κ2) is 7.31. The summed E-state index contributed by atoms with van der Waals surface area (Å²) in [6.07, 6.45) is 0.255. The highest BCUT2D eigenvalue weighted by Gasteiger charge is 2.66. The molecule has 3 aliphatic carbocycles. The number of primary amides is 1. The third kappa shape index (κ3) is 2.85. The minimum Gasteiger partial charge on any atom is -0.508 e. The van der Waals surface area contributed by atoms with Crippen molar-refractivity contribution in [3.8, 4) is 5.75 Å². The van der Waals surface area contributed by atoms with Gasteiger partial charge < -0.3 is 31.1 Å². The smallest absolute Gasteiger partial charge is 0.255 e. The van der Waals surface area contributed by atoms with Crippen LogP contribution in [0.4, 0.5) is 5.69 Å². The van der Waals surface area contributed by atoms with Crippen LogP contribution in [0.25, 0.3) is 5.76 Å². The van der Waals surface area contributed by atoms with Crippen LogP contribution in [0, 0.1) is 11.3 Å². The number of anilines is 1. The highest BCUT2D eigenvalue weighted by atomic mass is 16.3. The average Bonchev–Trinajstić information content (AvgIpc) is 2.69. The zero-order chi connectivity index (χ0) is 25.5. The van der Waals surface area contributed by atoms with E-state index >= 15 is 0 Å². The molecule has 10 nitrogen and oxygen atoms in total. The Labute approximate surface area is 196 Å². The van der Waals surface area contributed by atoms with Crippen LogP contribution >= 0.6 is 0 Å². The number of Topliss-reactive ketones (excluding diaryl/α,β-unsaturated/α-hetero) is 2. The number of carbonyl (C=O) groups is 3. The molecule has 6 N–H and O–H groups in total. The van der Waals surface area contributed by atoms with Crippen LogP contribution in [0.2, 0.25) is 0 Å². The summed E-state index contributed by atoms with van der Waals surface area (Å²) in [6, 6.07) is 1.99. The molecular weight excluding hydrogens is 442 g/mol. The Morgan fingerprint density at radius 3 is 2.26 bits per heavy atom. The summed E-state index contributed by atoms with van der Waals surface area (Å²) in [4.78, 5) is 42.4. The maximum Gasteiger partial charge on any atom is 0.255 e. The van der Waals surface area contributed by atoms with E-state index in [0.29, 0.717) is 5.56 Å². The molecule has 0 aliphatic heterocycles. The summed E-state index contributed by atoms with van der Waals surface area (Å²) >= 11 is 0. The van der Waals surface area contributed by atoms with Crippen LogP contribution < -0.4 is 10.6 Å². The highest BCUT2D eigenvalue weighted by Crippen LogP contribution is 2.58. The van der Waals surface area contributed by atoms with Crippen molar-refractivity contribution in [2.75, 3.05) is 33.1 Å². The van der Waals surface area contributed by atoms with Gasteiger partial charge in [0, 0.05) is 36.7 Å². The molecule has 1 aromatic rings. The fourth-order valence-corrected chi connectivity index (χ4v) is 6.02. The second-order valence-electron chi connectivity index (χ2n) is 10.1. The van der Waals surface area contributed by atoms with Gasteiger partial charge in [0.05, 0.1) is 11.6 Å². The Hall–Kier alpha value is -3.37.